The molecular formula is C37H40F4N8O4. The fourth-order valence-corrected chi connectivity index (χ4v) is 8.14. The molecule has 53 heavy (non-hydrogen) atoms. The normalized spacial score (nSPS) is 21.6. The standard InChI is InChI=1S/C37H36F4N8O4.2H2/c1-46-33-24(4-2-6-29(33)49(36(46)53)30-8-9-32(50)44-35(30)52)21-10-12-47(13-11-21)18-20-14-23(15-20)48-19-22-16-28(25(38)17-27(22)45-48)43-34(51)26-5-3-7-31(42-26)37(39,40)41;;/h2-7,16-17,19-21,23,30H,8-15,18H2,1H3,(H,43,51)(H,44,50,52);2*1H. The number of benzene rings is 2. The molecule has 2 aromatic carbocycles. The van der Waals surface area contributed by atoms with Crippen LogP contribution in [0.15, 0.2) is 59.5 Å². The largest absolute Gasteiger partial charge is 0.433 e. The van der Waals surface area contributed by atoms with Gasteiger partial charge in [0.2, 0.25) is 11.8 Å². The molecule has 1 saturated carbocycles. The minimum absolute atomic E-state index is 0. The number of piperidine rings is 2. The third-order valence-electron chi connectivity index (χ3n) is 10.9. The predicted octanol–water partition coefficient (Wildman–Crippen LogP) is 5.80. The molecule has 3 aliphatic rings. The number of likely N-dealkylation sites (tertiary alicyclic amines) is 1. The molecule has 1 atom stereocenters. The fraction of sp³-hybridized carbons (Fsp3) is 0.405. The maximum Gasteiger partial charge on any atom is 0.433 e. The number of fused-ring (bicyclic) bond motifs is 2. The maximum absolute atomic E-state index is 14.9. The first-order valence-electron chi connectivity index (χ1n) is 17.6. The number of aryl methyl sites for hydroxylation is 1. The molecule has 1 aliphatic carbocycles. The van der Waals surface area contributed by atoms with Gasteiger partial charge in [-0.05, 0) is 86.9 Å². The van der Waals surface area contributed by atoms with Gasteiger partial charge in [0, 0.05) is 40.5 Å². The summed E-state index contributed by atoms with van der Waals surface area (Å²) in [6, 6.07) is 10.8. The van der Waals surface area contributed by atoms with Crippen LogP contribution in [-0.4, -0.2) is 66.2 Å². The summed E-state index contributed by atoms with van der Waals surface area (Å²) in [4.78, 5) is 56.2. The first-order valence-corrected chi connectivity index (χ1v) is 17.6. The molecule has 3 aromatic heterocycles. The monoisotopic (exact) mass is 736 g/mol. The van der Waals surface area contributed by atoms with E-state index in [9.17, 15) is 36.7 Å². The van der Waals surface area contributed by atoms with Crippen LogP contribution in [0.3, 0.4) is 0 Å². The van der Waals surface area contributed by atoms with Gasteiger partial charge in [-0.1, -0.05) is 18.2 Å². The van der Waals surface area contributed by atoms with Crippen molar-refractivity contribution in [1.82, 2.24) is 34.1 Å². The lowest BCUT2D eigenvalue weighted by molar-refractivity contribution is -0.141. The maximum atomic E-state index is 14.9. The number of carbonyl (C=O) groups is 3. The number of halogens is 4. The first-order chi connectivity index (χ1) is 25.3. The van der Waals surface area contributed by atoms with Crippen molar-refractivity contribution in [2.75, 3.05) is 25.0 Å². The van der Waals surface area contributed by atoms with Crippen molar-refractivity contribution < 1.29 is 34.8 Å². The zero-order valence-electron chi connectivity index (χ0n) is 28.7. The Kier molecular flexibility index (Phi) is 8.66. The lowest BCUT2D eigenvalue weighted by Crippen LogP contribution is -2.44. The number of amides is 3. The second kappa shape index (κ2) is 13.2. The summed E-state index contributed by atoms with van der Waals surface area (Å²) in [7, 11) is 1.73. The third kappa shape index (κ3) is 6.49. The highest BCUT2D eigenvalue weighted by atomic mass is 19.4. The Morgan fingerprint density at radius 3 is 2.53 bits per heavy atom. The lowest BCUT2D eigenvalue weighted by Gasteiger charge is -2.41. The van der Waals surface area contributed by atoms with E-state index in [2.05, 4.69) is 31.7 Å². The average molecular weight is 737 g/mol. The minimum atomic E-state index is -4.72. The number of pyridine rings is 1. The van der Waals surface area contributed by atoms with E-state index < -0.39 is 41.2 Å². The molecule has 5 aromatic rings. The second-order valence-corrected chi connectivity index (χ2v) is 14.3. The molecule has 12 nitrogen and oxygen atoms in total. The Labute approximate surface area is 302 Å². The van der Waals surface area contributed by atoms with Crippen LogP contribution in [0.2, 0.25) is 0 Å². The van der Waals surface area contributed by atoms with Crippen LogP contribution in [0.4, 0.5) is 23.2 Å². The Hall–Kier alpha value is -5.38. The molecule has 0 bridgehead atoms. The Balaban J connectivity index is 0.00000257. The summed E-state index contributed by atoms with van der Waals surface area (Å²) in [6.07, 6.45) is 1.20. The van der Waals surface area contributed by atoms with Crippen LogP contribution in [0.1, 0.15) is 81.1 Å². The van der Waals surface area contributed by atoms with E-state index in [0.717, 1.165) is 74.6 Å². The number of aromatic nitrogens is 5. The Bertz CT molecular complexity index is 2350. The zero-order valence-corrected chi connectivity index (χ0v) is 28.7. The van der Waals surface area contributed by atoms with Crippen LogP contribution >= 0.6 is 0 Å². The van der Waals surface area contributed by atoms with Gasteiger partial charge in [-0.15, -0.1) is 0 Å². The van der Waals surface area contributed by atoms with E-state index in [-0.39, 0.29) is 44.9 Å². The highest BCUT2D eigenvalue weighted by Gasteiger charge is 2.36. The van der Waals surface area contributed by atoms with Crippen molar-refractivity contribution in [2.45, 2.75) is 62.7 Å². The van der Waals surface area contributed by atoms with Crippen molar-refractivity contribution in [3.63, 3.8) is 0 Å². The summed E-state index contributed by atoms with van der Waals surface area (Å²) >= 11 is 0. The number of nitrogens with one attached hydrogen (secondary N) is 2. The first kappa shape index (κ1) is 34.7. The van der Waals surface area contributed by atoms with E-state index in [0.29, 0.717) is 22.3 Å². The number of imidazole rings is 1. The molecule has 2 N–H and O–H groups in total. The van der Waals surface area contributed by atoms with Gasteiger partial charge in [0.1, 0.15) is 23.2 Å². The number of hydrogen-bond donors (Lipinski definition) is 2. The van der Waals surface area contributed by atoms with Crippen molar-refractivity contribution in [2.24, 2.45) is 13.0 Å². The molecule has 8 rings (SSSR count). The van der Waals surface area contributed by atoms with E-state index in [4.69, 9.17) is 0 Å². The smallest absolute Gasteiger partial charge is 0.318 e. The Morgan fingerprint density at radius 1 is 1.04 bits per heavy atom. The van der Waals surface area contributed by atoms with Crippen LogP contribution in [0.5, 0.6) is 0 Å². The van der Waals surface area contributed by atoms with Crippen LogP contribution in [0, 0.1) is 11.7 Å². The number of alkyl halides is 3. The van der Waals surface area contributed by atoms with Crippen molar-refractivity contribution in [1.29, 1.82) is 0 Å². The number of carbonyl (C=O) groups excluding carboxylic acids is 3. The number of rotatable bonds is 7. The Morgan fingerprint density at radius 2 is 1.79 bits per heavy atom. The number of imide groups is 1. The topological polar surface area (TPSA) is 136 Å². The number of hydrogen-bond acceptors (Lipinski definition) is 7. The molecule has 1 unspecified atom stereocenters. The summed E-state index contributed by atoms with van der Waals surface area (Å²) in [5.74, 6) is -1.78. The van der Waals surface area contributed by atoms with Gasteiger partial charge in [0.05, 0.1) is 28.3 Å². The minimum Gasteiger partial charge on any atom is -0.318 e. The van der Waals surface area contributed by atoms with E-state index in [1.54, 1.807) is 17.8 Å². The third-order valence-corrected chi connectivity index (χ3v) is 10.9. The molecule has 3 amide bonds. The highest BCUT2D eigenvalue weighted by molar-refractivity contribution is 6.04. The van der Waals surface area contributed by atoms with E-state index >= 15 is 0 Å². The van der Waals surface area contributed by atoms with Gasteiger partial charge >= 0.3 is 11.9 Å². The quantitative estimate of drug-likeness (QED) is 0.159. The van der Waals surface area contributed by atoms with E-state index in [1.807, 2.05) is 16.8 Å². The molecule has 16 heteroatoms. The average Bonchev–Trinajstić information content (AvgIpc) is 3.63. The zero-order chi connectivity index (χ0) is 37.2. The highest BCUT2D eigenvalue weighted by Crippen LogP contribution is 2.40. The summed E-state index contributed by atoms with van der Waals surface area (Å²) in [6.45, 7) is 2.74. The number of anilines is 1. The molecule has 2 aliphatic heterocycles. The van der Waals surface area contributed by atoms with Gasteiger partial charge in [-0.3, -0.25) is 33.5 Å². The number of para-hydroxylation sites is 1. The summed E-state index contributed by atoms with van der Waals surface area (Å²) in [5.41, 5.74) is 0.886. The molecule has 2 saturated heterocycles. The van der Waals surface area contributed by atoms with Gasteiger partial charge in [0.25, 0.3) is 5.91 Å². The van der Waals surface area contributed by atoms with Crippen molar-refractivity contribution in [3.05, 3.63) is 88.0 Å². The van der Waals surface area contributed by atoms with Crippen LogP contribution in [-0.2, 0) is 22.8 Å². The van der Waals surface area contributed by atoms with E-state index in [1.165, 1.54) is 16.7 Å². The predicted molar refractivity (Wildman–Crippen MR) is 190 cm³/mol. The summed E-state index contributed by atoms with van der Waals surface area (Å²) < 4.78 is 59.1. The SMILES string of the molecule is Cn1c(=O)n(C2CCC(=O)NC2=O)c2cccc(C3CCN(CC4CC(n5cc6cc(NC(=O)c7cccc(C(F)(F)F)n7)c(F)cc6n5)C4)CC3)c21.[HH].[HH]. The molecule has 0 spiro atoms. The van der Waals surface area contributed by atoms with Crippen LogP contribution < -0.4 is 16.3 Å². The molecule has 0 radical (unpaired) electrons. The van der Waals surface area contributed by atoms with Gasteiger partial charge < -0.3 is 10.2 Å². The number of nitrogens with zero attached hydrogens (tertiary/aromatic N) is 6. The van der Waals surface area contributed by atoms with Crippen molar-refractivity contribution >= 4 is 45.3 Å². The lowest BCUT2D eigenvalue weighted by atomic mass is 9.79. The molecule has 3 fully saturated rings. The van der Waals surface area contributed by atoms with Crippen LogP contribution in [0.25, 0.3) is 21.9 Å². The molecule has 5 heterocycles. The van der Waals surface area contributed by atoms with Gasteiger partial charge in [0.15, 0.2) is 0 Å². The van der Waals surface area contributed by atoms with Gasteiger partial charge in [-0.25, -0.2) is 14.2 Å². The fourth-order valence-electron chi connectivity index (χ4n) is 8.14. The second-order valence-electron chi connectivity index (χ2n) is 14.3. The summed E-state index contributed by atoms with van der Waals surface area (Å²) in [5, 5.41) is 9.85. The van der Waals surface area contributed by atoms with Gasteiger partial charge in [-0.2, -0.15) is 18.3 Å². The molecule has 280 valence electrons. The molecular weight excluding hydrogens is 696 g/mol. The van der Waals surface area contributed by atoms with Crippen molar-refractivity contribution in [3.8, 4) is 0 Å².